The van der Waals surface area contributed by atoms with Crippen LogP contribution in [0.2, 0.25) is 0 Å². The number of nitrogens with one attached hydrogen (secondary N) is 1. The first-order valence-corrected chi connectivity index (χ1v) is 3.48. The van der Waals surface area contributed by atoms with Gasteiger partial charge < -0.3 is 4.98 Å². The summed E-state index contributed by atoms with van der Waals surface area (Å²) >= 11 is 0. The van der Waals surface area contributed by atoms with E-state index in [0.717, 1.165) is 0 Å². The first-order valence-electron chi connectivity index (χ1n) is 3.48. The first-order chi connectivity index (χ1) is 5.77. The zero-order chi connectivity index (χ0) is 8.55. The quantitative estimate of drug-likeness (QED) is 0.696. The Morgan fingerprint density at radius 3 is 2.92 bits per heavy atom. The molecule has 1 aromatic heterocycles. The van der Waals surface area contributed by atoms with Crippen LogP contribution in [-0.2, 0) is 0 Å². The summed E-state index contributed by atoms with van der Waals surface area (Å²) < 4.78 is 24.3. The fourth-order valence-corrected chi connectivity index (χ4v) is 1.09. The molecule has 0 aliphatic rings. The Bertz CT molecular complexity index is 395. The van der Waals surface area contributed by atoms with Crippen molar-refractivity contribution in [3.05, 3.63) is 30.1 Å². The van der Waals surface area contributed by atoms with Gasteiger partial charge in [0.1, 0.15) is 0 Å². The number of alkyl halides is 2. The molecule has 1 heterocycles. The van der Waals surface area contributed by atoms with E-state index in [-0.39, 0.29) is 5.56 Å². The largest absolute Gasteiger partial charge is 0.345 e. The van der Waals surface area contributed by atoms with Crippen LogP contribution in [0.5, 0.6) is 0 Å². The average molecular weight is 168 g/mol. The summed E-state index contributed by atoms with van der Waals surface area (Å²) in [5.41, 5.74) is 1.37. The highest BCUT2D eigenvalue weighted by Crippen LogP contribution is 2.21. The molecule has 0 spiro atoms. The van der Waals surface area contributed by atoms with Crippen LogP contribution in [0.3, 0.4) is 0 Å². The third-order valence-electron chi connectivity index (χ3n) is 1.70. The predicted molar refractivity (Wildman–Crippen MR) is 41.1 cm³/mol. The van der Waals surface area contributed by atoms with Crippen molar-refractivity contribution >= 4 is 11.0 Å². The van der Waals surface area contributed by atoms with E-state index < -0.39 is 6.43 Å². The number of rotatable bonds is 1. The Balaban J connectivity index is 2.60. The van der Waals surface area contributed by atoms with Crippen LogP contribution in [-0.4, -0.2) is 9.97 Å². The summed E-state index contributed by atoms with van der Waals surface area (Å²) in [6.07, 6.45) is -0.933. The highest BCUT2D eigenvalue weighted by atomic mass is 19.3. The monoisotopic (exact) mass is 168 g/mol. The van der Waals surface area contributed by atoms with Crippen molar-refractivity contribution in [1.29, 1.82) is 0 Å². The zero-order valence-electron chi connectivity index (χ0n) is 6.09. The van der Waals surface area contributed by atoms with Crippen LogP contribution in [0, 0.1) is 0 Å². The summed E-state index contributed by atoms with van der Waals surface area (Å²) in [7, 11) is 0. The van der Waals surface area contributed by atoms with Gasteiger partial charge in [0.2, 0.25) is 0 Å². The lowest BCUT2D eigenvalue weighted by Gasteiger charge is -1.97. The van der Waals surface area contributed by atoms with Crippen LogP contribution >= 0.6 is 0 Å². The number of nitrogens with zero attached hydrogens (tertiary/aromatic N) is 1. The van der Waals surface area contributed by atoms with E-state index in [1.165, 1.54) is 18.5 Å². The number of aromatic amines is 1. The molecule has 0 aliphatic heterocycles. The number of hydrogen-bond donors (Lipinski definition) is 1. The van der Waals surface area contributed by atoms with Gasteiger partial charge in [-0.15, -0.1) is 0 Å². The molecule has 2 rings (SSSR count). The highest BCUT2D eigenvalue weighted by Gasteiger charge is 2.07. The van der Waals surface area contributed by atoms with Gasteiger partial charge in [-0.05, 0) is 12.1 Å². The minimum atomic E-state index is -2.42. The fraction of sp³-hybridized carbons (Fsp3) is 0.125. The lowest BCUT2D eigenvalue weighted by molar-refractivity contribution is 0.151. The standard InChI is InChI=1S/C8H6F2N2/c9-8(10)5-1-2-6-7(3-5)12-4-11-6/h1-4,8H,(H,11,12). The fourth-order valence-electron chi connectivity index (χ4n) is 1.09. The maximum atomic E-state index is 12.2. The summed E-state index contributed by atoms with van der Waals surface area (Å²) in [6, 6.07) is 4.37. The van der Waals surface area contributed by atoms with Gasteiger partial charge in [0.25, 0.3) is 6.43 Å². The second-order valence-electron chi connectivity index (χ2n) is 2.48. The van der Waals surface area contributed by atoms with Crippen molar-refractivity contribution in [3.63, 3.8) is 0 Å². The third-order valence-corrected chi connectivity index (χ3v) is 1.70. The molecule has 0 radical (unpaired) electrons. The van der Waals surface area contributed by atoms with Crippen LogP contribution in [0.4, 0.5) is 8.78 Å². The van der Waals surface area contributed by atoms with E-state index >= 15 is 0 Å². The Morgan fingerprint density at radius 1 is 1.33 bits per heavy atom. The van der Waals surface area contributed by atoms with Gasteiger partial charge in [0.05, 0.1) is 17.4 Å². The molecule has 0 saturated carbocycles. The topological polar surface area (TPSA) is 28.7 Å². The summed E-state index contributed by atoms with van der Waals surface area (Å²) in [6.45, 7) is 0. The SMILES string of the molecule is FC(F)c1ccc2nc[nH]c2c1. The van der Waals surface area contributed by atoms with Gasteiger partial charge in [0, 0.05) is 5.56 Å². The molecule has 1 aromatic carbocycles. The molecular formula is C8H6F2N2. The van der Waals surface area contributed by atoms with Gasteiger partial charge >= 0.3 is 0 Å². The molecule has 0 amide bonds. The minimum Gasteiger partial charge on any atom is -0.345 e. The number of H-pyrrole nitrogens is 1. The van der Waals surface area contributed by atoms with Gasteiger partial charge in [-0.1, -0.05) is 6.07 Å². The molecule has 12 heavy (non-hydrogen) atoms. The number of halogens is 2. The van der Waals surface area contributed by atoms with Crippen molar-refractivity contribution < 1.29 is 8.78 Å². The van der Waals surface area contributed by atoms with Crippen molar-refractivity contribution in [2.45, 2.75) is 6.43 Å². The second-order valence-corrected chi connectivity index (χ2v) is 2.48. The van der Waals surface area contributed by atoms with E-state index in [1.807, 2.05) is 0 Å². The van der Waals surface area contributed by atoms with E-state index in [4.69, 9.17) is 0 Å². The number of fused-ring (bicyclic) bond motifs is 1. The molecule has 0 bridgehead atoms. The summed E-state index contributed by atoms with van der Waals surface area (Å²) in [5, 5.41) is 0. The first kappa shape index (κ1) is 7.21. The van der Waals surface area contributed by atoms with Gasteiger partial charge in [-0.3, -0.25) is 0 Å². The molecule has 2 aromatic rings. The van der Waals surface area contributed by atoms with Gasteiger partial charge in [-0.2, -0.15) is 0 Å². The van der Waals surface area contributed by atoms with Crippen molar-refractivity contribution in [2.75, 3.05) is 0 Å². The van der Waals surface area contributed by atoms with Crippen molar-refractivity contribution in [1.82, 2.24) is 9.97 Å². The van der Waals surface area contributed by atoms with Crippen molar-refractivity contribution in [3.8, 4) is 0 Å². The minimum absolute atomic E-state index is 0.0201. The Hall–Kier alpha value is -1.45. The molecule has 2 nitrogen and oxygen atoms in total. The van der Waals surface area contributed by atoms with Crippen LogP contribution in [0.1, 0.15) is 12.0 Å². The maximum Gasteiger partial charge on any atom is 0.263 e. The molecule has 62 valence electrons. The predicted octanol–water partition coefficient (Wildman–Crippen LogP) is 2.50. The van der Waals surface area contributed by atoms with Gasteiger partial charge in [-0.25, -0.2) is 13.8 Å². The average Bonchev–Trinajstić information content (AvgIpc) is 2.49. The molecule has 1 N–H and O–H groups in total. The smallest absolute Gasteiger partial charge is 0.263 e. The van der Waals surface area contributed by atoms with Crippen LogP contribution in [0.25, 0.3) is 11.0 Å². The Labute approximate surface area is 67.2 Å². The van der Waals surface area contributed by atoms with Crippen LogP contribution < -0.4 is 0 Å². The highest BCUT2D eigenvalue weighted by molar-refractivity contribution is 5.75. The molecule has 0 atom stereocenters. The van der Waals surface area contributed by atoms with Gasteiger partial charge in [0.15, 0.2) is 0 Å². The van der Waals surface area contributed by atoms with Crippen LogP contribution in [0.15, 0.2) is 24.5 Å². The number of benzene rings is 1. The summed E-state index contributed by atoms with van der Waals surface area (Å²) in [4.78, 5) is 6.69. The Morgan fingerprint density at radius 2 is 2.17 bits per heavy atom. The number of hydrogen-bond acceptors (Lipinski definition) is 1. The number of imidazole rings is 1. The zero-order valence-corrected chi connectivity index (χ0v) is 6.09. The number of aromatic nitrogens is 2. The lowest BCUT2D eigenvalue weighted by atomic mass is 10.2. The van der Waals surface area contributed by atoms with E-state index in [9.17, 15) is 8.78 Å². The summed E-state index contributed by atoms with van der Waals surface area (Å²) in [5.74, 6) is 0. The second kappa shape index (κ2) is 2.55. The van der Waals surface area contributed by atoms with Crippen molar-refractivity contribution in [2.24, 2.45) is 0 Å². The molecule has 4 heteroatoms. The lowest BCUT2D eigenvalue weighted by Crippen LogP contribution is -1.82. The van der Waals surface area contributed by atoms with E-state index in [1.54, 1.807) is 6.07 Å². The molecule has 0 aliphatic carbocycles. The third kappa shape index (κ3) is 1.05. The Kier molecular flexibility index (Phi) is 1.53. The molecule has 0 saturated heterocycles. The molecule has 0 unspecified atom stereocenters. The maximum absolute atomic E-state index is 12.2. The molecular weight excluding hydrogens is 162 g/mol. The van der Waals surface area contributed by atoms with E-state index in [0.29, 0.717) is 11.0 Å². The molecule has 0 fully saturated rings. The van der Waals surface area contributed by atoms with E-state index in [2.05, 4.69) is 9.97 Å². The normalized spacial score (nSPS) is 11.2.